The van der Waals surface area contributed by atoms with Gasteiger partial charge in [0.1, 0.15) is 11.6 Å². The number of hydrogen-bond acceptors (Lipinski definition) is 1. The minimum Gasteiger partial charge on any atom is -0.324 e. The zero-order chi connectivity index (χ0) is 14.0. The Balaban J connectivity index is 2.28. The summed E-state index contributed by atoms with van der Waals surface area (Å²) in [6, 6.07) is 8.74. The third-order valence-corrected chi connectivity index (χ3v) is 4.44. The van der Waals surface area contributed by atoms with Crippen LogP contribution < -0.4 is 5.73 Å². The molecule has 0 heterocycles. The van der Waals surface area contributed by atoms with E-state index in [2.05, 4.69) is 31.9 Å². The van der Waals surface area contributed by atoms with Gasteiger partial charge in [0.05, 0.1) is 4.47 Å². The Labute approximate surface area is 127 Å². The molecular weight excluding hydrogens is 380 g/mol. The molecule has 19 heavy (non-hydrogen) atoms. The van der Waals surface area contributed by atoms with E-state index in [9.17, 15) is 8.78 Å². The SMILES string of the molecule is NC(Cc1cccc(F)c1Br)c1cc(F)ccc1Br. The molecule has 0 spiro atoms. The van der Waals surface area contributed by atoms with E-state index >= 15 is 0 Å². The molecule has 0 amide bonds. The average Bonchev–Trinajstić information content (AvgIpc) is 2.38. The maximum Gasteiger partial charge on any atom is 0.137 e. The second-order valence-corrected chi connectivity index (χ2v) is 5.84. The molecule has 5 heteroatoms. The highest BCUT2D eigenvalue weighted by Gasteiger charge is 2.14. The van der Waals surface area contributed by atoms with Crippen molar-refractivity contribution in [1.82, 2.24) is 0 Å². The molecule has 0 saturated heterocycles. The lowest BCUT2D eigenvalue weighted by Gasteiger charge is -2.15. The van der Waals surface area contributed by atoms with Crippen LogP contribution in [0.4, 0.5) is 8.78 Å². The molecule has 2 N–H and O–H groups in total. The summed E-state index contributed by atoms with van der Waals surface area (Å²) < 4.78 is 27.8. The van der Waals surface area contributed by atoms with Crippen molar-refractivity contribution in [3.05, 3.63) is 68.1 Å². The van der Waals surface area contributed by atoms with Crippen LogP contribution in [0.25, 0.3) is 0 Å². The summed E-state index contributed by atoms with van der Waals surface area (Å²) in [6.07, 6.45) is 0.417. The Morgan fingerprint density at radius 3 is 2.58 bits per heavy atom. The van der Waals surface area contributed by atoms with Gasteiger partial charge in [0.15, 0.2) is 0 Å². The predicted octanol–water partition coefficient (Wildman–Crippen LogP) is 4.73. The second-order valence-electron chi connectivity index (χ2n) is 4.19. The zero-order valence-corrected chi connectivity index (χ0v) is 13.0. The minimum atomic E-state index is -0.414. The average molecular weight is 391 g/mol. The van der Waals surface area contributed by atoms with Crippen LogP contribution in [0.1, 0.15) is 17.2 Å². The predicted molar refractivity (Wildman–Crippen MR) is 78.8 cm³/mol. The first-order valence-corrected chi connectivity index (χ1v) is 7.21. The summed E-state index contributed by atoms with van der Waals surface area (Å²) in [5.74, 6) is -0.671. The van der Waals surface area contributed by atoms with Crippen LogP contribution in [0.3, 0.4) is 0 Å². The smallest absolute Gasteiger partial charge is 0.137 e. The molecule has 1 atom stereocenters. The molecule has 0 radical (unpaired) electrons. The van der Waals surface area contributed by atoms with E-state index in [0.29, 0.717) is 16.5 Å². The van der Waals surface area contributed by atoms with Crippen LogP contribution in [0, 0.1) is 11.6 Å². The Bertz CT molecular complexity index is 602. The van der Waals surface area contributed by atoms with Gasteiger partial charge in [-0.1, -0.05) is 28.1 Å². The van der Waals surface area contributed by atoms with Crippen LogP contribution in [0.2, 0.25) is 0 Å². The molecule has 1 unspecified atom stereocenters. The van der Waals surface area contributed by atoms with Crippen molar-refractivity contribution in [2.75, 3.05) is 0 Å². The first kappa shape index (κ1) is 14.6. The zero-order valence-electron chi connectivity index (χ0n) is 9.84. The Morgan fingerprint density at radius 2 is 1.84 bits per heavy atom. The van der Waals surface area contributed by atoms with Crippen molar-refractivity contribution in [3.63, 3.8) is 0 Å². The maximum absolute atomic E-state index is 13.4. The molecule has 2 rings (SSSR count). The Morgan fingerprint density at radius 1 is 1.11 bits per heavy atom. The molecular formula is C14H11Br2F2N. The maximum atomic E-state index is 13.4. The summed E-state index contributed by atoms with van der Waals surface area (Å²) in [6.45, 7) is 0. The minimum absolute atomic E-state index is 0.331. The van der Waals surface area contributed by atoms with E-state index in [-0.39, 0.29) is 11.6 Å². The lowest BCUT2D eigenvalue weighted by atomic mass is 9.99. The third kappa shape index (κ3) is 3.41. The molecule has 0 bridgehead atoms. The molecule has 0 aliphatic heterocycles. The van der Waals surface area contributed by atoms with E-state index in [1.165, 1.54) is 18.2 Å². The fraction of sp³-hybridized carbons (Fsp3) is 0.143. The Kier molecular flexibility index (Phi) is 4.71. The van der Waals surface area contributed by atoms with Crippen molar-refractivity contribution in [2.24, 2.45) is 5.73 Å². The van der Waals surface area contributed by atoms with Crippen LogP contribution in [-0.2, 0) is 6.42 Å². The normalized spacial score (nSPS) is 12.5. The standard InChI is InChI=1S/C14H11Br2F2N/c15-11-5-4-9(17)7-10(11)13(19)6-8-2-1-3-12(18)14(8)16/h1-5,7,13H,6,19H2. The fourth-order valence-corrected chi connectivity index (χ4v) is 2.82. The molecule has 0 aliphatic carbocycles. The quantitative estimate of drug-likeness (QED) is 0.805. The summed E-state index contributed by atoms with van der Waals surface area (Å²) in [7, 11) is 0. The molecule has 2 aromatic carbocycles. The van der Waals surface area contributed by atoms with E-state index in [4.69, 9.17) is 5.73 Å². The van der Waals surface area contributed by atoms with Gasteiger partial charge in [-0.05, 0) is 57.7 Å². The van der Waals surface area contributed by atoms with Gasteiger partial charge in [0, 0.05) is 10.5 Å². The summed E-state index contributed by atoms with van der Waals surface area (Å²) in [4.78, 5) is 0. The lowest BCUT2D eigenvalue weighted by Crippen LogP contribution is -2.14. The first-order valence-electron chi connectivity index (χ1n) is 5.62. The van der Waals surface area contributed by atoms with E-state index < -0.39 is 6.04 Å². The van der Waals surface area contributed by atoms with E-state index in [1.807, 2.05) is 0 Å². The number of nitrogens with two attached hydrogens (primary N) is 1. The highest BCUT2D eigenvalue weighted by Crippen LogP contribution is 2.28. The third-order valence-electron chi connectivity index (χ3n) is 2.83. The van der Waals surface area contributed by atoms with Crippen molar-refractivity contribution in [1.29, 1.82) is 0 Å². The van der Waals surface area contributed by atoms with Crippen LogP contribution in [0.15, 0.2) is 45.3 Å². The summed E-state index contributed by atoms with van der Waals surface area (Å²) in [5, 5.41) is 0. The van der Waals surface area contributed by atoms with Gasteiger partial charge in [-0.3, -0.25) is 0 Å². The van der Waals surface area contributed by atoms with Gasteiger partial charge in [0.2, 0.25) is 0 Å². The van der Waals surface area contributed by atoms with Crippen LogP contribution >= 0.6 is 31.9 Å². The summed E-state index contributed by atoms with van der Waals surface area (Å²) >= 11 is 6.54. The summed E-state index contributed by atoms with van der Waals surface area (Å²) in [5.41, 5.74) is 7.49. The van der Waals surface area contributed by atoms with Crippen LogP contribution in [-0.4, -0.2) is 0 Å². The monoisotopic (exact) mass is 389 g/mol. The molecule has 0 fully saturated rings. The van der Waals surface area contributed by atoms with Gasteiger partial charge >= 0.3 is 0 Å². The second kappa shape index (κ2) is 6.11. The highest BCUT2D eigenvalue weighted by molar-refractivity contribution is 9.10. The first-order chi connectivity index (χ1) is 8.99. The number of hydrogen-bond donors (Lipinski definition) is 1. The number of halogens is 4. The fourth-order valence-electron chi connectivity index (χ4n) is 1.85. The van der Waals surface area contributed by atoms with Gasteiger partial charge < -0.3 is 5.73 Å². The topological polar surface area (TPSA) is 26.0 Å². The van der Waals surface area contributed by atoms with Gasteiger partial charge in [-0.2, -0.15) is 0 Å². The highest BCUT2D eigenvalue weighted by atomic mass is 79.9. The molecule has 100 valence electrons. The van der Waals surface area contributed by atoms with E-state index in [0.717, 1.165) is 10.0 Å². The number of rotatable bonds is 3. The van der Waals surface area contributed by atoms with Gasteiger partial charge in [0.25, 0.3) is 0 Å². The van der Waals surface area contributed by atoms with E-state index in [1.54, 1.807) is 18.2 Å². The van der Waals surface area contributed by atoms with Crippen molar-refractivity contribution in [3.8, 4) is 0 Å². The van der Waals surface area contributed by atoms with Gasteiger partial charge in [-0.15, -0.1) is 0 Å². The van der Waals surface area contributed by atoms with Crippen molar-refractivity contribution in [2.45, 2.75) is 12.5 Å². The largest absolute Gasteiger partial charge is 0.324 e. The molecule has 0 aromatic heterocycles. The van der Waals surface area contributed by atoms with Crippen LogP contribution in [0.5, 0.6) is 0 Å². The molecule has 0 saturated carbocycles. The van der Waals surface area contributed by atoms with Gasteiger partial charge in [-0.25, -0.2) is 8.78 Å². The number of benzene rings is 2. The van der Waals surface area contributed by atoms with Crippen molar-refractivity contribution < 1.29 is 8.78 Å². The molecule has 1 nitrogen and oxygen atoms in total. The van der Waals surface area contributed by atoms with Crippen molar-refractivity contribution >= 4 is 31.9 Å². The molecule has 0 aliphatic rings. The Hall–Kier alpha value is -0.780. The lowest BCUT2D eigenvalue weighted by molar-refractivity contribution is 0.608. The molecule has 2 aromatic rings.